The minimum atomic E-state index is -0.390. The fourth-order valence-electron chi connectivity index (χ4n) is 2.10. The molecule has 2 rings (SSSR count). The van der Waals surface area contributed by atoms with Gasteiger partial charge < -0.3 is 14.4 Å². The van der Waals surface area contributed by atoms with E-state index in [9.17, 15) is 9.59 Å². The van der Waals surface area contributed by atoms with Crippen LogP contribution in [0.2, 0.25) is 0 Å². The molecule has 0 unspecified atom stereocenters. The highest BCUT2D eigenvalue weighted by atomic mass is 16.5. The van der Waals surface area contributed by atoms with Crippen molar-refractivity contribution in [1.29, 1.82) is 0 Å². The topological polar surface area (TPSA) is 68.7 Å². The van der Waals surface area contributed by atoms with Crippen LogP contribution in [0.3, 0.4) is 0 Å². The van der Waals surface area contributed by atoms with E-state index in [0.717, 1.165) is 0 Å². The molecule has 0 N–H and O–H groups in total. The molecule has 0 spiro atoms. The van der Waals surface area contributed by atoms with Crippen LogP contribution in [0.4, 0.5) is 5.69 Å². The van der Waals surface area contributed by atoms with E-state index in [2.05, 4.69) is 9.72 Å². The second kappa shape index (κ2) is 7.40. The maximum atomic E-state index is 12.7. The molecule has 0 fully saturated rings. The van der Waals surface area contributed by atoms with Crippen LogP contribution in [0.15, 0.2) is 42.6 Å². The second-order valence-electron chi connectivity index (χ2n) is 4.83. The number of rotatable bonds is 5. The van der Waals surface area contributed by atoms with E-state index in [1.54, 1.807) is 49.6 Å². The van der Waals surface area contributed by atoms with Gasteiger partial charge in [-0.15, -0.1) is 0 Å². The maximum Gasteiger partial charge on any atom is 0.310 e. The van der Waals surface area contributed by atoms with Gasteiger partial charge in [-0.2, -0.15) is 0 Å². The smallest absolute Gasteiger partial charge is 0.310 e. The lowest BCUT2D eigenvalue weighted by atomic mass is 10.0. The molecule has 0 saturated carbocycles. The molecule has 2 aromatic rings. The maximum absolute atomic E-state index is 12.7. The van der Waals surface area contributed by atoms with Gasteiger partial charge in [-0.05, 0) is 17.7 Å². The first-order valence-electron chi connectivity index (χ1n) is 6.99. The Kier molecular flexibility index (Phi) is 5.30. The molecular formula is C17H18N2O4. The Morgan fingerprint density at radius 2 is 1.87 bits per heavy atom. The number of amides is 1. The Morgan fingerprint density at radius 1 is 1.13 bits per heavy atom. The molecule has 6 heteroatoms. The van der Waals surface area contributed by atoms with Crippen LogP contribution in [0, 0.1) is 0 Å². The summed E-state index contributed by atoms with van der Waals surface area (Å²) in [5, 5.41) is 0. The van der Waals surface area contributed by atoms with Gasteiger partial charge in [0.15, 0.2) is 0 Å². The highest BCUT2D eigenvalue weighted by Crippen LogP contribution is 2.19. The van der Waals surface area contributed by atoms with E-state index < -0.39 is 0 Å². The van der Waals surface area contributed by atoms with E-state index in [-0.39, 0.29) is 18.3 Å². The molecule has 1 amide bonds. The highest BCUT2D eigenvalue weighted by molar-refractivity contribution is 6.07. The zero-order valence-electron chi connectivity index (χ0n) is 13.3. The van der Waals surface area contributed by atoms with E-state index in [0.29, 0.717) is 22.7 Å². The zero-order chi connectivity index (χ0) is 16.8. The average molecular weight is 314 g/mol. The number of nitrogens with zero attached hydrogens (tertiary/aromatic N) is 2. The van der Waals surface area contributed by atoms with Gasteiger partial charge in [0, 0.05) is 18.7 Å². The van der Waals surface area contributed by atoms with E-state index >= 15 is 0 Å². The number of anilines is 1. The summed E-state index contributed by atoms with van der Waals surface area (Å²) in [6.07, 6.45) is 1.60. The first kappa shape index (κ1) is 16.5. The number of carbonyl (C=O) groups is 2. The van der Waals surface area contributed by atoms with Gasteiger partial charge >= 0.3 is 5.97 Å². The fraction of sp³-hybridized carbons (Fsp3) is 0.235. The molecule has 0 aliphatic heterocycles. The van der Waals surface area contributed by atoms with Gasteiger partial charge in [-0.3, -0.25) is 9.59 Å². The fourth-order valence-corrected chi connectivity index (χ4v) is 2.10. The number of methoxy groups -OCH3 is 2. The number of carbonyl (C=O) groups excluding carboxylic acids is 2. The minimum Gasteiger partial charge on any atom is -0.481 e. The molecule has 0 atom stereocenters. The standard InChI is InChI=1S/C17H18N2O4/c1-19(13-8-9-15(22-2)18-11-13)17(21)14-7-5-4-6-12(14)10-16(20)23-3/h4-9,11H,10H2,1-3H3. The van der Waals surface area contributed by atoms with Crippen LogP contribution < -0.4 is 9.64 Å². The molecule has 23 heavy (non-hydrogen) atoms. The Hall–Kier alpha value is -2.89. The summed E-state index contributed by atoms with van der Waals surface area (Å²) >= 11 is 0. The first-order chi connectivity index (χ1) is 11.1. The number of benzene rings is 1. The van der Waals surface area contributed by atoms with Crippen molar-refractivity contribution in [1.82, 2.24) is 4.98 Å². The number of aromatic nitrogens is 1. The lowest BCUT2D eigenvalue weighted by Gasteiger charge is -2.19. The predicted molar refractivity (Wildman–Crippen MR) is 85.7 cm³/mol. The minimum absolute atomic E-state index is 0.0487. The summed E-state index contributed by atoms with van der Waals surface area (Å²) in [7, 11) is 4.50. The molecule has 1 aromatic carbocycles. The van der Waals surface area contributed by atoms with Gasteiger partial charge in [-0.1, -0.05) is 18.2 Å². The third-order valence-corrected chi connectivity index (χ3v) is 3.43. The van der Waals surface area contributed by atoms with Crippen LogP contribution in [-0.2, 0) is 16.0 Å². The van der Waals surface area contributed by atoms with Gasteiger partial charge in [0.2, 0.25) is 5.88 Å². The summed E-state index contributed by atoms with van der Waals surface area (Å²) in [5.74, 6) is -0.142. The van der Waals surface area contributed by atoms with Crippen molar-refractivity contribution in [2.75, 3.05) is 26.2 Å². The van der Waals surface area contributed by atoms with E-state index in [1.165, 1.54) is 19.1 Å². The van der Waals surface area contributed by atoms with Crippen LogP contribution in [0.25, 0.3) is 0 Å². The Balaban J connectivity index is 2.26. The van der Waals surface area contributed by atoms with Crippen molar-refractivity contribution in [3.63, 3.8) is 0 Å². The van der Waals surface area contributed by atoms with Crippen LogP contribution >= 0.6 is 0 Å². The number of ether oxygens (including phenoxy) is 2. The van der Waals surface area contributed by atoms with Crippen LogP contribution in [0.5, 0.6) is 5.88 Å². The van der Waals surface area contributed by atoms with Crippen molar-refractivity contribution in [3.05, 3.63) is 53.7 Å². The Morgan fingerprint density at radius 3 is 2.48 bits per heavy atom. The third-order valence-electron chi connectivity index (χ3n) is 3.43. The number of hydrogen-bond donors (Lipinski definition) is 0. The van der Waals surface area contributed by atoms with Crippen molar-refractivity contribution < 1.29 is 19.1 Å². The third kappa shape index (κ3) is 3.85. The lowest BCUT2D eigenvalue weighted by Crippen LogP contribution is -2.27. The summed E-state index contributed by atoms with van der Waals surface area (Å²) in [4.78, 5) is 29.8. The Bertz CT molecular complexity index is 698. The number of hydrogen-bond acceptors (Lipinski definition) is 5. The Labute approximate surface area is 134 Å². The SMILES string of the molecule is COC(=O)Cc1ccccc1C(=O)N(C)c1ccc(OC)nc1. The highest BCUT2D eigenvalue weighted by Gasteiger charge is 2.18. The summed E-state index contributed by atoms with van der Waals surface area (Å²) in [6.45, 7) is 0. The van der Waals surface area contributed by atoms with Gasteiger partial charge in [0.05, 0.1) is 32.5 Å². The molecule has 0 radical (unpaired) electrons. The molecule has 0 bridgehead atoms. The van der Waals surface area contributed by atoms with Crippen LogP contribution in [-0.4, -0.2) is 38.1 Å². The predicted octanol–water partition coefficient (Wildman–Crippen LogP) is 2.08. The summed E-state index contributed by atoms with van der Waals surface area (Å²) in [5.41, 5.74) is 1.71. The molecule has 1 aromatic heterocycles. The lowest BCUT2D eigenvalue weighted by molar-refractivity contribution is -0.139. The monoisotopic (exact) mass is 314 g/mol. The van der Waals surface area contributed by atoms with Crippen LogP contribution in [0.1, 0.15) is 15.9 Å². The number of pyridine rings is 1. The summed E-state index contributed by atoms with van der Waals surface area (Å²) in [6, 6.07) is 10.4. The number of esters is 1. The van der Waals surface area contributed by atoms with Gasteiger partial charge in [0.1, 0.15) is 0 Å². The molecule has 0 saturated heterocycles. The second-order valence-corrected chi connectivity index (χ2v) is 4.83. The molecule has 6 nitrogen and oxygen atoms in total. The van der Waals surface area contributed by atoms with Gasteiger partial charge in [0.25, 0.3) is 5.91 Å². The van der Waals surface area contributed by atoms with Crippen molar-refractivity contribution in [2.45, 2.75) is 6.42 Å². The van der Waals surface area contributed by atoms with E-state index in [4.69, 9.17) is 4.74 Å². The summed E-state index contributed by atoms with van der Waals surface area (Å²) < 4.78 is 9.68. The van der Waals surface area contributed by atoms with Crippen molar-refractivity contribution in [3.8, 4) is 5.88 Å². The quantitative estimate of drug-likeness (QED) is 0.790. The largest absolute Gasteiger partial charge is 0.481 e. The zero-order valence-corrected chi connectivity index (χ0v) is 13.3. The molecule has 1 heterocycles. The van der Waals surface area contributed by atoms with E-state index in [1.807, 2.05) is 0 Å². The normalized spacial score (nSPS) is 10.0. The average Bonchev–Trinajstić information content (AvgIpc) is 2.61. The van der Waals surface area contributed by atoms with Crippen molar-refractivity contribution in [2.24, 2.45) is 0 Å². The molecule has 120 valence electrons. The molecular weight excluding hydrogens is 296 g/mol. The van der Waals surface area contributed by atoms with Gasteiger partial charge in [-0.25, -0.2) is 4.98 Å². The first-order valence-corrected chi connectivity index (χ1v) is 6.99. The van der Waals surface area contributed by atoms with Crippen molar-refractivity contribution >= 4 is 17.6 Å². The molecule has 0 aliphatic carbocycles. The molecule has 0 aliphatic rings.